The van der Waals surface area contributed by atoms with Crippen molar-refractivity contribution in [1.29, 1.82) is 5.26 Å². The van der Waals surface area contributed by atoms with Crippen molar-refractivity contribution in [3.63, 3.8) is 0 Å². The summed E-state index contributed by atoms with van der Waals surface area (Å²) in [5, 5.41) is 12.2. The molecule has 0 aliphatic heterocycles. The van der Waals surface area contributed by atoms with Crippen LogP contribution in [0, 0.1) is 31.1 Å². The van der Waals surface area contributed by atoms with E-state index in [0.717, 1.165) is 50.2 Å². The Morgan fingerprint density at radius 2 is 1.51 bits per heavy atom. The molecule has 6 rings (SSSR count). The highest BCUT2D eigenvalue weighted by Crippen LogP contribution is 2.42. The largest absolute Gasteiger partial charge is 0.454 e. The van der Waals surface area contributed by atoms with Crippen molar-refractivity contribution in [2.75, 3.05) is 0 Å². The van der Waals surface area contributed by atoms with Crippen molar-refractivity contribution in [2.24, 2.45) is 13.0 Å². The van der Waals surface area contributed by atoms with Gasteiger partial charge in [-0.1, -0.05) is 56.2 Å². The van der Waals surface area contributed by atoms with Gasteiger partial charge in [-0.05, 0) is 72.9 Å². The van der Waals surface area contributed by atoms with Crippen molar-refractivity contribution in [3.8, 4) is 28.5 Å². The molecule has 0 bridgehead atoms. The zero-order valence-electron chi connectivity index (χ0n) is 22.1. The number of pyridine rings is 1. The summed E-state index contributed by atoms with van der Waals surface area (Å²) >= 11 is 0. The number of furan rings is 1. The predicted octanol–water partition coefficient (Wildman–Crippen LogP) is 8.53. The lowest BCUT2D eigenvalue weighted by molar-refractivity contribution is -0.660. The Labute approximate surface area is 219 Å². The highest BCUT2D eigenvalue weighted by Gasteiger charge is 2.24. The maximum absolute atomic E-state index is 10.0. The first-order valence-electron chi connectivity index (χ1n) is 13.4. The summed E-state index contributed by atoms with van der Waals surface area (Å²) in [5.41, 5.74) is 10.2. The van der Waals surface area contributed by atoms with Gasteiger partial charge in [0.15, 0.2) is 6.20 Å². The number of aryl methyl sites for hydroxylation is 3. The van der Waals surface area contributed by atoms with Gasteiger partial charge in [-0.25, -0.2) is 4.57 Å². The minimum absolute atomic E-state index is 0.642. The van der Waals surface area contributed by atoms with Crippen LogP contribution in [0.2, 0.25) is 0 Å². The monoisotopic (exact) mass is 485 g/mol. The van der Waals surface area contributed by atoms with Crippen molar-refractivity contribution >= 4 is 21.9 Å². The molecule has 0 spiro atoms. The van der Waals surface area contributed by atoms with E-state index < -0.39 is 0 Å². The van der Waals surface area contributed by atoms with Crippen LogP contribution >= 0.6 is 0 Å². The van der Waals surface area contributed by atoms with E-state index in [-0.39, 0.29) is 0 Å². The van der Waals surface area contributed by atoms with E-state index in [0.29, 0.717) is 11.5 Å². The van der Waals surface area contributed by atoms with Gasteiger partial charge in [0.05, 0.1) is 17.2 Å². The minimum Gasteiger partial charge on any atom is -0.454 e. The number of fused-ring (bicyclic) bond motifs is 3. The smallest absolute Gasteiger partial charge is 0.216 e. The van der Waals surface area contributed by atoms with E-state index in [9.17, 15) is 5.26 Å². The van der Waals surface area contributed by atoms with Gasteiger partial charge in [0, 0.05) is 28.5 Å². The first kappa shape index (κ1) is 23.5. The fraction of sp³-hybridized carbons (Fsp3) is 0.294. The Kier molecular flexibility index (Phi) is 5.84. The molecule has 37 heavy (non-hydrogen) atoms. The summed E-state index contributed by atoms with van der Waals surface area (Å²) in [6.07, 6.45) is 7.25. The first-order chi connectivity index (χ1) is 17.9. The molecular weight excluding hydrogens is 452 g/mol. The number of hydrogen-bond donors (Lipinski definition) is 0. The number of hydrogen-bond acceptors (Lipinski definition) is 2. The van der Waals surface area contributed by atoms with Crippen LogP contribution in [0.1, 0.15) is 60.8 Å². The van der Waals surface area contributed by atoms with Gasteiger partial charge in [0.2, 0.25) is 5.69 Å². The number of benzene rings is 3. The molecular formula is C34H33N2O+. The zero-order valence-corrected chi connectivity index (χ0v) is 22.1. The lowest BCUT2D eigenvalue weighted by atomic mass is 9.79. The molecule has 0 saturated heterocycles. The van der Waals surface area contributed by atoms with Crippen molar-refractivity contribution in [3.05, 3.63) is 89.1 Å². The number of nitrogens with zero attached hydrogens (tertiary/aromatic N) is 2. The minimum atomic E-state index is 0.642. The van der Waals surface area contributed by atoms with Crippen LogP contribution in [0.3, 0.4) is 0 Å². The second-order valence-corrected chi connectivity index (χ2v) is 11.0. The Morgan fingerprint density at radius 3 is 2.22 bits per heavy atom. The molecule has 3 heteroatoms. The quantitative estimate of drug-likeness (QED) is 0.240. The molecule has 184 valence electrons. The average Bonchev–Trinajstić information content (AvgIpc) is 3.29. The van der Waals surface area contributed by atoms with Gasteiger partial charge < -0.3 is 4.42 Å². The first-order valence-corrected chi connectivity index (χ1v) is 13.4. The van der Waals surface area contributed by atoms with Crippen LogP contribution in [-0.2, 0) is 7.05 Å². The normalized spacial score (nSPS) is 17.8. The zero-order chi connectivity index (χ0) is 25.7. The highest BCUT2D eigenvalue weighted by atomic mass is 16.3. The summed E-state index contributed by atoms with van der Waals surface area (Å²) in [5.74, 6) is 1.48. The van der Waals surface area contributed by atoms with Gasteiger partial charge >= 0.3 is 0 Å². The van der Waals surface area contributed by atoms with Gasteiger partial charge in [0.1, 0.15) is 18.2 Å². The van der Waals surface area contributed by atoms with Gasteiger partial charge in [0.25, 0.3) is 0 Å². The second kappa shape index (κ2) is 9.20. The third-order valence-corrected chi connectivity index (χ3v) is 8.39. The van der Waals surface area contributed by atoms with Crippen LogP contribution in [-0.4, -0.2) is 0 Å². The number of aromatic nitrogens is 1. The Balaban J connectivity index is 1.54. The molecule has 2 aromatic heterocycles. The van der Waals surface area contributed by atoms with E-state index in [2.05, 4.69) is 93.2 Å². The molecule has 0 unspecified atom stereocenters. The van der Waals surface area contributed by atoms with Crippen molar-refractivity contribution < 1.29 is 8.98 Å². The SMILES string of the molecule is Cc1cc[n+](C)c(-c2c(C)ccc3c2oc2c(-c4ccc(C5CCC(C)CC5)cc4)c(C#N)ccc23)c1. The lowest BCUT2D eigenvalue weighted by Gasteiger charge is -2.26. The van der Waals surface area contributed by atoms with E-state index in [1.54, 1.807) is 0 Å². The Bertz CT molecular complexity index is 1680. The maximum atomic E-state index is 10.0. The van der Waals surface area contributed by atoms with E-state index >= 15 is 0 Å². The third kappa shape index (κ3) is 4.02. The molecule has 0 N–H and O–H groups in total. The maximum Gasteiger partial charge on any atom is 0.216 e. The Hall–Kier alpha value is -3.90. The molecule has 3 nitrogen and oxygen atoms in total. The molecule has 0 radical (unpaired) electrons. The fourth-order valence-electron chi connectivity index (χ4n) is 6.14. The molecule has 1 saturated carbocycles. The molecule has 0 amide bonds. The fourth-order valence-corrected chi connectivity index (χ4v) is 6.14. The summed E-state index contributed by atoms with van der Waals surface area (Å²) in [6, 6.07) is 23.9. The summed E-state index contributed by atoms with van der Waals surface area (Å²) in [4.78, 5) is 0. The molecule has 3 aromatic carbocycles. The molecule has 5 aromatic rings. The molecule has 1 fully saturated rings. The van der Waals surface area contributed by atoms with Gasteiger partial charge in [-0.15, -0.1) is 0 Å². The van der Waals surface area contributed by atoms with Crippen LogP contribution in [0.5, 0.6) is 0 Å². The second-order valence-electron chi connectivity index (χ2n) is 11.0. The van der Waals surface area contributed by atoms with Crippen molar-refractivity contribution in [1.82, 2.24) is 0 Å². The topological polar surface area (TPSA) is 40.8 Å². The summed E-state index contributed by atoms with van der Waals surface area (Å²) in [6.45, 7) is 6.62. The van der Waals surface area contributed by atoms with Crippen molar-refractivity contribution in [2.45, 2.75) is 52.4 Å². The van der Waals surface area contributed by atoms with Crippen LogP contribution in [0.15, 0.2) is 71.3 Å². The van der Waals surface area contributed by atoms with Gasteiger partial charge in [-0.3, -0.25) is 0 Å². The third-order valence-electron chi connectivity index (χ3n) is 8.39. The molecule has 2 heterocycles. The van der Waals surface area contributed by atoms with E-state index in [4.69, 9.17) is 4.42 Å². The van der Waals surface area contributed by atoms with E-state index in [1.165, 1.54) is 42.4 Å². The number of rotatable bonds is 3. The standard InChI is InChI=1S/C34H33N2O/c1-21-5-8-24(9-6-21)25-10-12-26(13-11-25)32-27(20-35)14-16-29-28-15-7-23(3)31(33(28)37-34(29)32)30-19-22(2)17-18-36(30)4/h7,10-19,21,24H,5-6,8-9H2,1-4H3/q+1. The van der Waals surface area contributed by atoms with E-state index in [1.807, 2.05) is 12.1 Å². The highest BCUT2D eigenvalue weighted by molar-refractivity contribution is 6.14. The average molecular weight is 486 g/mol. The summed E-state index contributed by atoms with van der Waals surface area (Å²) < 4.78 is 8.88. The van der Waals surface area contributed by atoms with Crippen LogP contribution in [0.25, 0.3) is 44.3 Å². The predicted molar refractivity (Wildman–Crippen MR) is 150 cm³/mol. The van der Waals surface area contributed by atoms with Crippen LogP contribution < -0.4 is 4.57 Å². The Morgan fingerprint density at radius 1 is 0.838 bits per heavy atom. The molecule has 0 atom stereocenters. The van der Waals surface area contributed by atoms with Gasteiger partial charge in [-0.2, -0.15) is 5.26 Å². The lowest BCUT2D eigenvalue weighted by Crippen LogP contribution is -2.30. The molecule has 1 aliphatic rings. The molecule has 1 aliphatic carbocycles. The number of nitriles is 1. The van der Waals surface area contributed by atoms with Crippen LogP contribution in [0.4, 0.5) is 0 Å². The summed E-state index contributed by atoms with van der Waals surface area (Å²) in [7, 11) is 2.07.